The summed E-state index contributed by atoms with van der Waals surface area (Å²) >= 11 is 6.52. The second kappa shape index (κ2) is 14.6. The molecular weight excluding hydrogens is 574 g/mol. The Hall–Kier alpha value is -3.56. The number of nitrogens with zero attached hydrogens (tertiary/aromatic N) is 2. The average molecular weight is 612 g/mol. The van der Waals surface area contributed by atoms with Gasteiger partial charge in [-0.1, -0.05) is 85.1 Å². The molecule has 3 aromatic rings. The van der Waals surface area contributed by atoms with Gasteiger partial charge in [0.15, 0.2) is 0 Å². The predicted molar refractivity (Wildman–Crippen MR) is 166 cm³/mol. The molecule has 0 bridgehead atoms. The van der Waals surface area contributed by atoms with Gasteiger partial charge in [0.1, 0.15) is 18.3 Å². The van der Waals surface area contributed by atoms with Gasteiger partial charge in [-0.15, -0.1) is 0 Å². The van der Waals surface area contributed by atoms with Crippen LogP contribution in [0.15, 0.2) is 78.9 Å². The third-order valence-electron chi connectivity index (χ3n) is 7.38. The normalized spacial score (nSPS) is 14.3. The van der Waals surface area contributed by atoms with E-state index in [0.717, 1.165) is 41.8 Å². The van der Waals surface area contributed by atoms with Gasteiger partial charge in [0.25, 0.3) is 0 Å². The summed E-state index contributed by atoms with van der Waals surface area (Å²) in [6.07, 6.45) is 5.16. The van der Waals surface area contributed by atoms with E-state index in [1.54, 1.807) is 49.4 Å². The van der Waals surface area contributed by atoms with Gasteiger partial charge in [0, 0.05) is 24.0 Å². The van der Waals surface area contributed by atoms with E-state index in [4.69, 9.17) is 16.3 Å². The zero-order valence-electron chi connectivity index (χ0n) is 24.0. The first kappa shape index (κ1) is 31.4. The number of carbonyl (C=O) groups excluding carboxylic acids is 2. The molecule has 0 saturated heterocycles. The fraction of sp³-hybridized carbons (Fsp3) is 0.375. The number of anilines is 1. The van der Waals surface area contributed by atoms with Crippen LogP contribution in [0, 0.1) is 0 Å². The smallest absolute Gasteiger partial charge is 0.244 e. The summed E-state index contributed by atoms with van der Waals surface area (Å²) in [5.41, 5.74) is 1.78. The number of hydrogen-bond acceptors (Lipinski definition) is 5. The van der Waals surface area contributed by atoms with Crippen molar-refractivity contribution in [1.29, 1.82) is 0 Å². The molecule has 0 aromatic heterocycles. The van der Waals surface area contributed by atoms with Crippen LogP contribution in [0.2, 0.25) is 5.02 Å². The lowest BCUT2D eigenvalue weighted by Crippen LogP contribution is -2.54. The number of carbonyl (C=O) groups is 2. The Morgan fingerprint density at radius 3 is 2.29 bits per heavy atom. The Bertz CT molecular complexity index is 1460. The number of sulfonamides is 1. The lowest BCUT2D eigenvalue weighted by atomic mass is 10.0. The third-order valence-corrected chi connectivity index (χ3v) is 8.88. The fourth-order valence-electron chi connectivity index (χ4n) is 5.27. The molecule has 1 unspecified atom stereocenters. The summed E-state index contributed by atoms with van der Waals surface area (Å²) in [5, 5.41) is 3.61. The van der Waals surface area contributed by atoms with Crippen molar-refractivity contribution in [3.8, 4) is 5.75 Å². The zero-order chi connectivity index (χ0) is 30.1. The zero-order valence-corrected chi connectivity index (χ0v) is 25.6. The lowest BCUT2D eigenvalue weighted by molar-refractivity contribution is -0.140. The van der Waals surface area contributed by atoms with Crippen molar-refractivity contribution in [3.05, 3.63) is 95.0 Å². The number of nitrogens with one attached hydrogen (secondary N) is 1. The highest BCUT2D eigenvalue weighted by molar-refractivity contribution is 7.92. The van der Waals surface area contributed by atoms with Crippen LogP contribution >= 0.6 is 11.6 Å². The van der Waals surface area contributed by atoms with Gasteiger partial charge >= 0.3 is 0 Å². The van der Waals surface area contributed by atoms with Crippen LogP contribution < -0.4 is 14.4 Å². The number of hydrogen-bond donors (Lipinski definition) is 1. The number of benzene rings is 3. The van der Waals surface area contributed by atoms with Crippen LogP contribution in [0.1, 0.15) is 43.7 Å². The van der Waals surface area contributed by atoms with Gasteiger partial charge in [0.2, 0.25) is 21.8 Å². The SMILES string of the molecule is CCOc1ccccc1N(CC(=O)N(Cc1ccccc1Cl)C(Cc1ccccc1)C(=O)NC1CCCC1)S(C)(=O)=O. The molecule has 42 heavy (non-hydrogen) atoms. The van der Waals surface area contributed by atoms with Crippen LogP contribution in [0.25, 0.3) is 0 Å². The molecule has 0 radical (unpaired) electrons. The van der Waals surface area contributed by atoms with Crippen molar-refractivity contribution in [3.63, 3.8) is 0 Å². The Morgan fingerprint density at radius 1 is 0.976 bits per heavy atom. The first-order valence-corrected chi connectivity index (χ1v) is 16.5. The van der Waals surface area contributed by atoms with E-state index >= 15 is 0 Å². The predicted octanol–water partition coefficient (Wildman–Crippen LogP) is 5.20. The van der Waals surface area contributed by atoms with E-state index in [9.17, 15) is 18.0 Å². The minimum Gasteiger partial charge on any atom is -0.492 e. The van der Waals surface area contributed by atoms with Crippen LogP contribution in [-0.4, -0.2) is 56.6 Å². The molecule has 1 aliphatic rings. The van der Waals surface area contributed by atoms with Gasteiger partial charge < -0.3 is 15.0 Å². The van der Waals surface area contributed by atoms with E-state index in [1.807, 2.05) is 36.4 Å². The first-order valence-electron chi connectivity index (χ1n) is 14.2. The number of ether oxygens (including phenoxy) is 1. The van der Waals surface area contributed by atoms with Gasteiger partial charge in [-0.25, -0.2) is 8.42 Å². The fourth-order valence-corrected chi connectivity index (χ4v) is 6.32. The highest BCUT2D eigenvalue weighted by Gasteiger charge is 2.35. The Morgan fingerprint density at radius 2 is 1.62 bits per heavy atom. The maximum Gasteiger partial charge on any atom is 0.244 e. The molecule has 2 amide bonds. The quantitative estimate of drug-likeness (QED) is 0.286. The highest BCUT2D eigenvalue weighted by Crippen LogP contribution is 2.30. The molecule has 8 nitrogen and oxygen atoms in total. The topological polar surface area (TPSA) is 96.0 Å². The van der Waals surface area contributed by atoms with Crippen molar-refractivity contribution in [2.24, 2.45) is 0 Å². The largest absolute Gasteiger partial charge is 0.492 e. The molecule has 4 rings (SSSR count). The number of amides is 2. The van der Waals surface area contributed by atoms with Gasteiger partial charge in [0.05, 0.1) is 18.6 Å². The van der Waals surface area contributed by atoms with Gasteiger partial charge in [-0.05, 0) is 49.1 Å². The second-order valence-electron chi connectivity index (χ2n) is 10.5. The average Bonchev–Trinajstić information content (AvgIpc) is 3.48. The molecule has 3 aromatic carbocycles. The molecule has 0 spiro atoms. The van der Waals surface area contributed by atoms with Crippen LogP contribution in [0.5, 0.6) is 5.75 Å². The third kappa shape index (κ3) is 8.26. The van der Waals surface area contributed by atoms with E-state index in [2.05, 4.69) is 5.32 Å². The summed E-state index contributed by atoms with van der Waals surface area (Å²) in [5.74, 6) is -0.461. The number of halogens is 1. The van der Waals surface area contributed by atoms with Crippen molar-refractivity contribution < 1.29 is 22.7 Å². The standard InChI is InChI=1S/C32H38ClN3O5S/c1-3-41-30-20-12-11-19-28(30)36(42(2,39)40)23-31(37)35(22-25-15-7-10-18-27(25)33)29(21-24-13-5-4-6-14-24)32(38)34-26-16-8-9-17-26/h4-7,10-15,18-20,26,29H,3,8-9,16-17,21-23H2,1-2H3,(H,34,38). The molecule has 0 aliphatic heterocycles. The van der Waals surface area contributed by atoms with E-state index in [0.29, 0.717) is 22.9 Å². The van der Waals surface area contributed by atoms with Gasteiger partial charge in [-0.2, -0.15) is 0 Å². The minimum atomic E-state index is -3.91. The van der Waals surface area contributed by atoms with Gasteiger partial charge in [-0.3, -0.25) is 13.9 Å². The van der Waals surface area contributed by atoms with Crippen LogP contribution in [-0.2, 0) is 32.6 Å². The summed E-state index contributed by atoms with van der Waals surface area (Å²) in [7, 11) is -3.91. The van der Waals surface area contributed by atoms with Crippen molar-refractivity contribution in [2.75, 3.05) is 23.7 Å². The van der Waals surface area contributed by atoms with E-state index in [-0.39, 0.29) is 30.6 Å². The summed E-state index contributed by atoms with van der Waals surface area (Å²) < 4.78 is 32.9. The second-order valence-corrected chi connectivity index (χ2v) is 12.8. The summed E-state index contributed by atoms with van der Waals surface area (Å²) in [6, 6.07) is 22.5. The molecule has 1 N–H and O–H groups in total. The molecule has 0 heterocycles. The molecule has 1 atom stereocenters. The molecule has 1 aliphatic carbocycles. The highest BCUT2D eigenvalue weighted by atomic mass is 35.5. The maximum absolute atomic E-state index is 14.3. The Kier molecular flexibility index (Phi) is 10.9. The summed E-state index contributed by atoms with van der Waals surface area (Å²) in [6.45, 7) is 1.63. The van der Waals surface area contributed by atoms with Crippen LogP contribution in [0.4, 0.5) is 5.69 Å². The van der Waals surface area contributed by atoms with E-state index < -0.39 is 28.5 Å². The van der Waals surface area contributed by atoms with Crippen molar-refractivity contribution in [2.45, 2.75) is 57.7 Å². The minimum absolute atomic E-state index is 0.0266. The summed E-state index contributed by atoms with van der Waals surface area (Å²) in [4.78, 5) is 29.7. The molecule has 1 fully saturated rings. The van der Waals surface area contributed by atoms with E-state index in [1.165, 1.54) is 4.90 Å². The number of para-hydroxylation sites is 2. The molecule has 10 heteroatoms. The molecular formula is C32H38ClN3O5S. The monoisotopic (exact) mass is 611 g/mol. The molecule has 224 valence electrons. The Labute approximate surface area is 253 Å². The lowest BCUT2D eigenvalue weighted by Gasteiger charge is -2.34. The first-order chi connectivity index (χ1) is 20.2. The number of rotatable bonds is 13. The van der Waals surface area contributed by atoms with Crippen molar-refractivity contribution >= 4 is 39.1 Å². The Balaban J connectivity index is 1.75. The molecule has 1 saturated carbocycles. The van der Waals surface area contributed by atoms with Crippen molar-refractivity contribution in [1.82, 2.24) is 10.2 Å². The maximum atomic E-state index is 14.3. The van der Waals surface area contributed by atoms with Crippen LogP contribution in [0.3, 0.4) is 0 Å².